The van der Waals surface area contributed by atoms with Gasteiger partial charge in [-0.3, -0.25) is 4.79 Å². The summed E-state index contributed by atoms with van der Waals surface area (Å²) < 4.78 is 0. The number of carbonyl (C=O) groups excluding carboxylic acids is 1. The minimum atomic E-state index is -0.995. The van der Waals surface area contributed by atoms with E-state index >= 15 is 0 Å². The maximum Gasteiger partial charge on any atom is 0.326 e. The van der Waals surface area contributed by atoms with Gasteiger partial charge >= 0.3 is 5.97 Å². The molecule has 5 heteroatoms. The van der Waals surface area contributed by atoms with E-state index in [1.807, 2.05) is 13.8 Å². The van der Waals surface area contributed by atoms with Crippen molar-refractivity contribution < 1.29 is 14.7 Å². The first kappa shape index (κ1) is 15.7. The van der Waals surface area contributed by atoms with Crippen LogP contribution in [0.3, 0.4) is 0 Å². The second-order valence-corrected chi connectivity index (χ2v) is 2.94. The Morgan fingerprint density at radius 1 is 1.43 bits per heavy atom. The Morgan fingerprint density at radius 3 is 2.14 bits per heavy atom. The predicted octanol–water partition coefficient (Wildman–Crippen LogP) is 1.26. The number of rotatable bonds is 4. The zero-order valence-corrected chi connectivity index (χ0v) is 10.0. The lowest BCUT2D eigenvalue weighted by atomic mass is 10.3. The molecule has 0 aliphatic heterocycles. The Kier molecular flexibility index (Phi) is 9.98. The van der Waals surface area contributed by atoms with Crippen LogP contribution in [0.15, 0.2) is 0 Å². The van der Waals surface area contributed by atoms with E-state index in [4.69, 9.17) is 5.11 Å². The Morgan fingerprint density at radius 2 is 1.86 bits per heavy atom. The molecule has 0 aliphatic rings. The van der Waals surface area contributed by atoms with E-state index in [1.54, 1.807) is 0 Å². The molecule has 1 amide bonds. The number of carboxylic acids is 1. The highest BCUT2D eigenvalue weighted by Crippen LogP contribution is 1.99. The molecule has 4 nitrogen and oxygen atoms in total. The molecule has 0 saturated carbocycles. The summed E-state index contributed by atoms with van der Waals surface area (Å²) in [6.07, 6.45) is 0.275. The van der Waals surface area contributed by atoms with E-state index in [2.05, 4.69) is 12.6 Å². The normalized spacial score (nSPS) is 10.9. The number of nitrogens with zero attached hydrogens (tertiary/aromatic N) is 1. The monoisotopic (exact) mass is 221 g/mol. The highest BCUT2D eigenvalue weighted by molar-refractivity contribution is 7.80. The fourth-order valence-electron chi connectivity index (χ4n) is 0.654. The molecule has 0 rings (SSSR count). The summed E-state index contributed by atoms with van der Waals surface area (Å²) in [7, 11) is 1.48. The van der Waals surface area contributed by atoms with Crippen LogP contribution < -0.4 is 0 Å². The quantitative estimate of drug-likeness (QED) is 0.703. The van der Waals surface area contributed by atoms with Gasteiger partial charge in [-0.05, 0) is 12.7 Å². The Bertz CT molecular complexity index is 185. The summed E-state index contributed by atoms with van der Waals surface area (Å²) in [5, 5.41) is 8.56. The molecule has 84 valence electrons. The van der Waals surface area contributed by atoms with E-state index in [0.717, 1.165) is 0 Å². The van der Waals surface area contributed by atoms with Gasteiger partial charge in [0.1, 0.15) is 6.04 Å². The van der Waals surface area contributed by atoms with Gasteiger partial charge < -0.3 is 10.0 Å². The van der Waals surface area contributed by atoms with Crippen molar-refractivity contribution in [1.29, 1.82) is 0 Å². The molecule has 1 N–H and O–H groups in total. The minimum absolute atomic E-state index is 0.195. The van der Waals surface area contributed by atoms with E-state index in [-0.39, 0.29) is 12.3 Å². The molecule has 1 atom stereocenters. The van der Waals surface area contributed by atoms with Crippen molar-refractivity contribution in [2.75, 3.05) is 12.8 Å². The summed E-state index contributed by atoms with van der Waals surface area (Å²) in [6.45, 7) is 5.47. The van der Waals surface area contributed by atoms with E-state index in [0.29, 0.717) is 5.75 Å². The lowest BCUT2D eigenvalue weighted by molar-refractivity contribution is -0.148. The molecule has 0 saturated heterocycles. The standard InChI is InChI=1S/C7H13NO3S.C2H6/c1-5(7(10)11)8(2)6(9)3-4-12;1-2/h5,12H,3-4H2,1-2H3,(H,10,11);1-2H3/t5-;/m0./s1. The first-order valence-corrected chi connectivity index (χ1v) is 5.23. The number of carboxylic acid groups (broad SMARTS) is 1. The largest absolute Gasteiger partial charge is 0.480 e. The summed E-state index contributed by atoms with van der Waals surface area (Å²) in [4.78, 5) is 22.7. The fourth-order valence-corrected chi connectivity index (χ4v) is 0.845. The zero-order chi connectivity index (χ0) is 11.7. The lowest BCUT2D eigenvalue weighted by Crippen LogP contribution is -2.40. The van der Waals surface area contributed by atoms with Gasteiger partial charge in [-0.2, -0.15) is 12.6 Å². The van der Waals surface area contributed by atoms with Crippen LogP contribution in [-0.2, 0) is 9.59 Å². The average molecular weight is 221 g/mol. The third kappa shape index (κ3) is 5.85. The lowest BCUT2D eigenvalue weighted by Gasteiger charge is -2.20. The van der Waals surface area contributed by atoms with Gasteiger partial charge in [-0.25, -0.2) is 4.79 Å². The second-order valence-electron chi connectivity index (χ2n) is 2.49. The summed E-state index contributed by atoms with van der Waals surface area (Å²) in [5.41, 5.74) is 0. The van der Waals surface area contributed by atoms with Gasteiger partial charge in [0, 0.05) is 13.5 Å². The molecular formula is C9H19NO3S. The smallest absolute Gasteiger partial charge is 0.326 e. The molecule has 0 aliphatic carbocycles. The molecule has 0 aromatic rings. The first-order chi connectivity index (χ1) is 6.50. The van der Waals surface area contributed by atoms with Crippen LogP contribution in [0.25, 0.3) is 0 Å². The number of likely N-dealkylation sites (N-methyl/N-ethyl adjacent to an activating group) is 1. The van der Waals surface area contributed by atoms with Crippen LogP contribution in [0.1, 0.15) is 27.2 Å². The van der Waals surface area contributed by atoms with Crippen LogP contribution in [0.2, 0.25) is 0 Å². The highest BCUT2D eigenvalue weighted by Gasteiger charge is 2.20. The van der Waals surface area contributed by atoms with Gasteiger partial charge in [0.15, 0.2) is 0 Å². The van der Waals surface area contributed by atoms with Crippen LogP contribution in [-0.4, -0.2) is 40.7 Å². The molecule has 0 bridgehead atoms. The number of amides is 1. The summed E-state index contributed by atoms with van der Waals surface area (Å²) in [5.74, 6) is -0.750. The van der Waals surface area contributed by atoms with Gasteiger partial charge in [0.2, 0.25) is 5.91 Å². The molecule has 14 heavy (non-hydrogen) atoms. The fraction of sp³-hybridized carbons (Fsp3) is 0.778. The minimum Gasteiger partial charge on any atom is -0.480 e. The van der Waals surface area contributed by atoms with Crippen LogP contribution in [0, 0.1) is 0 Å². The van der Waals surface area contributed by atoms with Gasteiger partial charge in [0.05, 0.1) is 0 Å². The van der Waals surface area contributed by atoms with Gasteiger partial charge in [0.25, 0.3) is 0 Å². The number of hydrogen-bond acceptors (Lipinski definition) is 3. The van der Waals surface area contributed by atoms with E-state index in [9.17, 15) is 9.59 Å². The molecule has 0 heterocycles. The predicted molar refractivity (Wildman–Crippen MR) is 59.7 cm³/mol. The highest BCUT2D eigenvalue weighted by atomic mass is 32.1. The third-order valence-electron chi connectivity index (χ3n) is 1.66. The van der Waals surface area contributed by atoms with Crippen LogP contribution in [0.4, 0.5) is 0 Å². The van der Waals surface area contributed by atoms with Crippen LogP contribution >= 0.6 is 12.6 Å². The molecule has 0 aromatic carbocycles. The van der Waals surface area contributed by atoms with Gasteiger partial charge in [-0.15, -0.1) is 0 Å². The summed E-state index contributed by atoms with van der Waals surface area (Å²) >= 11 is 3.88. The number of aliphatic carboxylic acids is 1. The molecular weight excluding hydrogens is 202 g/mol. The van der Waals surface area contributed by atoms with Crippen molar-refractivity contribution >= 4 is 24.5 Å². The van der Waals surface area contributed by atoms with Crippen molar-refractivity contribution in [1.82, 2.24) is 4.90 Å². The maximum atomic E-state index is 11.1. The number of hydrogen-bond donors (Lipinski definition) is 2. The van der Waals surface area contributed by atoms with Crippen molar-refractivity contribution in [3.8, 4) is 0 Å². The Hall–Kier alpha value is -0.710. The van der Waals surface area contributed by atoms with Crippen molar-refractivity contribution in [2.45, 2.75) is 33.2 Å². The van der Waals surface area contributed by atoms with Crippen molar-refractivity contribution in [3.63, 3.8) is 0 Å². The van der Waals surface area contributed by atoms with Crippen molar-refractivity contribution in [2.24, 2.45) is 0 Å². The molecule has 0 spiro atoms. The Balaban J connectivity index is 0. The number of carbonyl (C=O) groups is 2. The van der Waals surface area contributed by atoms with E-state index in [1.165, 1.54) is 18.9 Å². The first-order valence-electron chi connectivity index (χ1n) is 4.60. The van der Waals surface area contributed by atoms with Gasteiger partial charge in [-0.1, -0.05) is 13.8 Å². The maximum absolute atomic E-state index is 11.1. The number of thiol groups is 1. The average Bonchev–Trinajstić information content (AvgIpc) is 2.19. The van der Waals surface area contributed by atoms with E-state index < -0.39 is 12.0 Å². The molecule has 0 unspecified atom stereocenters. The Labute approximate surface area is 90.7 Å². The van der Waals surface area contributed by atoms with Crippen LogP contribution in [0.5, 0.6) is 0 Å². The molecule has 0 aromatic heterocycles. The molecule has 0 radical (unpaired) electrons. The zero-order valence-electron chi connectivity index (χ0n) is 9.15. The summed E-state index contributed by atoms with van der Waals surface area (Å²) in [6, 6.07) is -0.766. The third-order valence-corrected chi connectivity index (χ3v) is 1.88. The SMILES string of the molecule is CC.C[C@@H](C(=O)O)N(C)C(=O)CCS. The van der Waals surface area contributed by atoms with Crippen molar-refractivity contribution in [3.05, 3.63) is 0 Å². The molecule has 0 fully saturated rings. The topological polar surface area (TPSA) is 57.6 Å². The second kappa shape index (κ2) is 8.87.